The first-order chi connectivity index (χ1) is 21.9. The average Bonchev–Trinajstić information content (AvgIpc) is 3.50. The minimum absolute atomic E-state index is 0.00562. The third-order valence-electron chi connectivity index (χ3n) is 9.72. The first-order valence-corrected chi connectivity index (χ1v) is 18.2. The molecule has 1 heterocycles. The van der Waals surface area contributed by atoms with E-state index in [1.165, 1.54) is 90.5 Å². The number of benzene rings is 1. The molecule has 1 aromatic rings. The van der Waals surface area contributed by atoms with E-state index in [1.807, 2.05) is 0 Å². The number of hydrogen-bond acceptors (Lipinski definition) is 4. The minimum atomic E-state index is -1.26. The molecule has 0 radical (unpaired) electrons. The predicted molar refractivity (Wildman–Crippen MR) is 196 cm³/mol. The van der Waals surface area contributed by atoms with Gasteiger partial charge >= 0.3 is 0 Å². The van der Waals surface area contributed by atoms with Crippen molar-refractivity contribution in [3.8, 4) is 0 Å². The van der Waals surface area contributed by atoms with E-state index in [2.05, 4.69) is 80.5 Å². The van der Waals surface area contributed by atoms with Crippen molar-refractivity contribution < 1.29 is 14.3 Å². The van der Waals surface area contributed by atoms with Crippen LogP contribution < -0.4 is 5.73 Å². The Morgan fingerprint density at radius 1 is 1.02 bits per heavy atom. The topological polar surface area (TPSA) is 78.9 Å². The number of allylic oxidation sites excluding steroid dienone is 2. The molecule has 6 heteroatoms. The second-order valence-corrected chi connectivity index (χ2v) is 13.5. The van der Waals surface area contributed by atoms with Gasteiger partial charge in [0, 0.05) is 24.4 Å². The average molecular weight is 642 g/mol. The highest BCUT2D eigenvalue weighted by Crippen LogP contribution is 2.30. The first-order valence-electron chi connectivity index (χ1n) is 18.2. The number of carbonyl (C=O) groups is 1. The number of carbonyl (C=O) groups excluding carboxylic acids is 1. The Morgan fingerprint density at radius 2 is 1.63 bits per heavy atom. The molecule has 2 aliphatic carbocycles. The van der Waals surface area contributed by atoms with E-state index in [1.54, 1.807) is 0 Å². The van der Waals surface area contributed by atoms with E-state index in [0.717, 1.165) is 36.5 Å². The van der Waals surface area contributed by atoms with Crippen LogP contribution in [0, 0.1) is 26.7 Å². The molecule has 2 saturated carbocycles. The Morgan fingerprint density at radius 3 is 2.11 bits per heavy atom. The number of unbranched alkanes of at least 4 members (excludes halogenated alkanes) is 2. The van der Waals surface area contributed by atoms with Gasteiger partial charge in [-0.05, 0) is 95.2 Å². The zero-order chi connectivity index (χ0) is 34.6. The van der Waals surface area contributed by atoms with Crippen molar-refractivity contribution in [3.05, 3.63) is 57.3 Å². The van der Waals surface area contributed by atoms with Crippen LogP contribution in [-0.4, -0.2) is 53.5 Å². The second-order valence-electron chi connectivity index (χ2n) is 13.5. The van der Waals surface area contributed by atoms with Gasteiger partial charge in [-0.1, -0.05) is 102 Å². The summed E-state index contributed by atoms with van der Waals surface area (Å²) in [7, 11) is 0. The largest absolute Gasteiger partial charge is 0.394 e. The van der Waals surface area contributed by atoms with Gasteiger partial charge in [0.15, 0.2) is 0 Å². The fourth-order valence-corrected chi connectivity index (χ4v) is 5.34. The van der Waals surface area contributed by atoms with Crippen LogP contribution in [0.5, 0.6) is 0 Å². The summed E-state index contributed by atoms with van der Waals surface area (Å²) in [6.07, 6.45) is 12.2. The van der Waals surface area contributed by atoms with Crippen LogP contribution in [0.2, 0.25) is 0 Å². The quantitative estimate of drug-likeness (QED) is 0.219. The van der Waals surface area contributed by atoms with Crippen LogP contribution in [-0.2, 0) is 4.79 Å². The molecule has 3 N–H and O–H groups in total. The highest BCUT2D eigenvalue weighted by atomic mass is 19.1. The Bertz CT molecular complexity index is 1110. The van der Waals surface area contributed by atoms with Crippen molar-refractivity contribution in [1.82, 2.24) is 4.90 Å². The Kier molecular flexibility index (Phi) is 20.7. The molecule has 3 aliphatic rings. The SMILES string of the molecule is CC(CN=C1CCC/C1=C(/N)C(=O)N1CCC(F)C(O)C1)=C1CCC1.CCCC.CCCCC(C)CC.Cc1cccc(C)c1C. The highest BCUT2D eigenvalue weighted by Gasteiger charge is 2.32. The molecule has 46 heavy (non-hydrogen) atoms. The molecule has 3 atom stereocenters. The summed E-state index contributed by atoms with van der Waals surface area (Å²) in [5.41, 5.74) is 15.2. The number of aliphatic hydroxyl groups is 1. The number of rotatable bonds is 8. The van der Waals surface area contributed by atoms with Gasteiger partial charge in [-0.2, -0.15) is 0 Å². The molecule has 4 rings (SSSR count). The molecule has 3 unspecified atom stereocenters. The van der Waals surface area contributed by atoms with E-state index in [-0.39, 0.29) is 24.6 Å². The summed E-state index contributed by atoms with van der Waals surface area (Å²) in [6.45, 7) is 20.8. The first kappa shape index (κ1) is 41.6. The van der Waals surface area contributed by atoms with Crippen molar-refractivity contribution in [2.45, 2.75) is 158 Å². The van der Waals surface area contributed by atoms with E-state index >= 15 is 0 Å². The van der Waals surface area contributed by atoms with Crippen molar-refractivity contribution in [3.63, 3.8) is 0 Å². The van der Waals surface area contributed by atoms with Crippen LogP contribution in [0.25, 0.3) is 0 Å². The van der Waals surface area contributed by atoms with Crippen LogP contribution in [0.1, 0.15) is 142 Å². The predicted octanol–water partition coefficient (Wildman–Crippen LogP) is 9.90. The number of halogens is 1. The maximum absolute atomic E-state index is 13.4. The number of likely N-dealkylation sites (tertiary alicyclic amines) is 1. The Labute approximate surface area is 282 Å². The van der Waals surface area contributed by atoms with Crippen LogP contribution in [0.3, 0.4) is 0 Å². The lowest BCUT2D eigenvalue weighted by Crippen LogP contribution is -2.49. The van der Waals surface area contributed by atoms with Gasteiger partial charge in [-0.15, -0.1) is 0 Å². The molecule has 0 aromatic heterocycles. The van der Waals surface area contributed by atoms with Crippen molar-refractivity contribution in [2.75, 3.05) is 19.6 Å². The number of β-amino-alcohol motifs (C(OH)–C–C–N with tert-alkyl or cyclic N) is 1. The summed E-state index contributed by atoms with van der Waals surface area (Å²) in [4.78, 5) is 18.8. The minimum Gasteiger partial charge on any atom is -0.394 e. The smallest absolute Gasteiger partial charge is 0.270 e. The van der Waals surface area contributed by atoms with E-state index in [9.17, 15) is 14.3 Å². The second kappa shape index (κ2) is 23.0. The molecular formula is C40H68FN3O2. The summed E-state index contributed by atoms with van der Waals surface area (Å²) < 4.78 is 13.4. The van der Waals surface area contributed by atoms with Crippen LogP contribution in [0.4, 0.5) is 4.39 Å². The fraction of sp³-hybridized carbons (Fsp3) is 0.700. The number of alkyl halides is 1. The van der Waals surface area contributed by atoms with Gasteiger partial charge in [0.25, 0.3) is 5.91 Å². The van der Waals surface area contributed by atoms with Crippen molar-refractivity contribution >= 4 is 11.6 Å². The van der Waals surface area contributed by atoms with E-state index in [0.29, 0.717) is 13.1 Å². The lowest BCUT2D eigenvalue weighted by Gasteiger charge is -2.32. The normalized spacial score (nSPS) is 21.5. The van der Waals surface area contributed by atoms with Gasteiger partial charge in [-0.25, -0.2) is 4.39 Å². The molecule has 262 valence electrons. The number of piperidine rings is 1. The van der Waals surface area contributed by atoms with Gasteiger partial charge in [-0.3, -0.25) is 9.79 Å². The lowest BCUT2D eigenvalue weighted by molar-refractivity contribution is -0.132. The molecule has 1 saturated heterocycles. The lowest BCUT2D eigenvalue weighted by atomic mass is 9.88. The zero-order valence-corrected chi connectivity index (χ0v) is 31.0. The maximum atomic E-state index is 13.4. The monoisotopic (exact) mass is 642 g/mol. The number of amides is 1. The number of aryl methyl sites for hydroxylation is 2. The number of nitrogens with two attached hydrogens (primary N) is 1. The molecule has 5 nitrogen and oxygen atoms in total. The number of nitrogens with zero attached hydrogens (tertiary/aromatic N) is 2. The fourth-order valence-electron chi connectivity index (χ4n) is 5.34. The highest BCUT2D eigenvalue weighted by molar-refractivity contribution is 6.09. The Hall–Kier alpha value is -2.47. The number of hydrogen-bond donors (Lipinski definition) is 2. The molecule has 0 bridgehead atoms. The van der Waals surface area contributed by atoms with E-state index < -0.39 is 12.3 Å². The Balaban J connectivity index is 0.000000410. The zero-order valence-electron chi connectivity index (χ0n) is 31.0. The standard InChI is InChI=1S/C19H28FN3O2.C9H12.C8H18.C4H10/c1-12(13-4-2-5-13)10-22-16-7-3-6-14(16)18(21)19(25)23-9-8-15(20)17(24)11-23;1-7-5-4-6-8(2)9(7)3;1-4-6-7-8(3)5-2;1-3-4-2/h15,17,24H,2-11,21H2,1H3;4-6H,1-3H3;8H,4-7H2,1-3H3;3-4H2,1-2H3/b18-14-,22-16?;;;. The van der Waals surface area contributed by atoms with Gasteiger partial charge in [0.05, 0.1) is 6.54 Å². The summed E-state index contributed by atoms with van der Waals surface area (Å²) >= 11 is 0. The van der Waals surface area contributed by atoms with Crippen LogP contribution in [0.15, 0.2) is 45.6 Å². The maximum Gasteiger partial charge on any atom is 0.270 e. The summed E-state index contributed by atoms with van der Waals surface area (Å²) in [6, 6.07) is 6.38. The molecule has 1 aromatic carbocycles. The van der Waals surface area contributed by atoms with Crippen molar-refractivity contribution in [2.24, 2.45) is 16.6 Å². The van der Waals surface area contributed by atoms with Crippen molar-refractivity contribution in [1.29, 1.82) is 0 Å². The molecule has 1 amide bonds. The van der Waals surface area contributed by atoms with Gasteiger partial charge < -0.3 is 15.7 Å². The van der Waals surface area contributed by atoms with E-state index in [4.69, 9.17) is 10.7 Å². The summed E-state index contributed by atoms with van der Waals surface area (Å²) in [5.74, 6) is 0.652. The number of aliphatic imine (C=N–C) groups is 1. The molecule has 1 aliphatic heterocycles. The third kappa shape index (κ3) is 14.5. The third-order valence-corrected chi connectivity index (χ3v) is 9.72. The molecule has 0 spiro atoms. The molecule has 3 fully saturated rings. The number of aliphatic hydroxyl groups excluding tert-OH is 1. The summed E-state index contributed by atoms with van der Waals surface area (Å²) in [5, 5.41) is 9.67. The molecular weight excluding hydrogens is 573 g/mol. The van der Waals surface area contributed by atoms with Crippen LogP contribution >= 0.6 is 0 Å². The van der Waals surface area contributed by atoms with Gasteiger partial charge in [0.2, 0.25) is 0 Å². The van der Waals surface area contributed by atoms with Gasteiger partial charge in [0.1, 0.15) is 18.0 Å².